The minimum Gasteiger partial charge on any atom is -0.325 e. The van der Waals surface area contributed by atoms with Gasteiger partial charge in [-0.1, -0.05) is 41.6 Å². The Bertz CT molecular complexity index is 969. The maximum absolute atomic E-state index is 12.3. The normalized spacial score (nSPS) is 13.6. The molecule has 1 amide bonds. The number of hydrogen-bond donors (Lipinski definition) is 1. The van der Waals surface area contributed by atoms with Crippen molar-refractivity contribution in [1.82, 2.24) is 14.8 Å². The van der Waals surface area contributed by atoms with Gasteiger partial charge < -0.3 is 5.32 Å². The third-order valence-electron chi connectivity index (χ3n) is 4.35. The Hall–Kier alpha value is -2.31. The van der Waals surface area contributed by atoms with Crippen LogP contribution in [-0.4, -0.2) is 26.4 Å². The van der Waals surface area contributed by atoms with Crippen LogP contribution in [0.5, 0.6) is 0 Å². The van der Waals surface area contributed by atoms with Crippen molar-refractivity contribution in [3.05, 3.63) is 64.9 Å². The molecule has 5 nitrogen and oxygen atoms in total. The minimum absolute atomic E-state index is 0.0885. The number of anilines is 1. The molecule has 1 heterocycles. The van der Waals surface area contributed by atoms with Gasteiger partial charge in [0.25, 0.3) is 0 Å². The van der Waals surface area contributed by atoms with E-state index < -0.39 is 0 Å². The summed E-state index contributed by atoms with van der Waals surface area (Å²) in [6.45, 7) is 1.92. The topological polar surface area (TPSA) is 59.8 Å². The first-order valence-electron chi connectivity index (χ1n) is 8.81. The number of aromatic nitrogens is 3. The van der Waals surface area contributed by atoms with E-state index in [1.165, 1.54) is 11.8 Å². The highest BCUT2D eigenvalue weighted by Crippen LogP contribution is 2.40. The van der Waals surface area contributed by atoms with Crippen LogP contribution in [0.1, 0.15) is 30.1 Å². The zero-order chi connectivity index (χ0) is 18.8. The Morgan fingerprint density at radius 2 is 2.04 bits per heavy atom. The molecule has 0 atom stereocenters. The minimum atomic E-state index is -0.0885. The van der Waals surface area contributed by atoms with E-state index in [1.54, 1.807) is 6.07 Å². The summed E-state index contributed by atoms with van der Waals surface area (Å²) in [5.74, 6) is 1.62. The van der Waals surface area contributed by atoms with Crippen molar-refractivity contribution in [2.24, 2.45) is 0 Å². The van der Waals surface area contributed by atoms with Gasteiger partial charge in [-0.05, 0) is 55.7 Å². The maximum atomic E-state index is 12.3. The highest BCUT2D eigenvalue weighted by molar-refractivity contribution is 7.99. The number of para-hydroxylation sites is 1. The lowest BCUT2D eigenvalue weighted by molar-refractivity contribution is -0.113. The fourth-order valence-corrected chi connectivity index (χ4v) is 3.67. The van der Waals surface area contributed by atoms with Gasteiger partial charge in [-0.25, -0.2) is 9.67 Å². The Morgan fingerprint density at radius 1 is 1.26 bits per heavy atom. The average molecular weight is 399 g/mol. The lowest BCUT2D eigenvalue weighted by Crippen LogP contribution is -2.14. The molecular weight excluding hydrogens is 380 g/mol. The zero-order valence-corrected chi connectivity index (χ0v) is 16.4. The van der Waals surface area contributed by atoms with Gasteiger partial charge in [0.05, 0.1) is 11.4 Å². The number of carbonyl (C=O) groups excluding carboxylic acids is 1. The number of hydrogen-bond acceptors (Lipinski definition) is 4. The van der Waals surface area contributed by atoms with Gasteiger partial charge in [-0.3, -0.25) is 4.79 Å². The van der Waals surface area contributed by atoms with Crippen molar-refractivity contribution in [2.75, 3.05) is 11.1 Å². The second kappa shape index (κ2) is 7.74. The molecule has 1 aliphatic rings. The SMILES string of the molecule is Cc1cc(Cl)ccc1NC(=O)CSc1nc(C2CC2)n(-c2ccccc2)n1. The summed E-state index contributed by atoms with van der Waals surface area (Å²) >= 11 is 7.31. The third kappa shape index (κ3) is 4.34. The molecule has 1 saturated carbocycles. The predicted molar refractivity (Wildman–Crippen MR) is 109 cm³/mol. The van der Waals surface area contributed by atoms with Crippen molar-refractivity contribution in [2.45, 2.75) is 30.8 Å². The zero-order valence-electron chi connectivity index (χ0n) is 14.9. The lowest BCUT2D eigenvalue weighted by atomic mass is 10.2. The molecule has 7 heteroatoms. The molecule has 27 heavy (non-hydrogen) atoms. The van der Waals surface area contributed by atoms with Crippen LogP contribution in [0.2, 0.25) is 5.02 Å². The largest absolute Gasteiger partial charge is 0.325 e. The number of thioether (sulfide) groups is 1. The standard InChI is InChI=1S/C20H19ClN4OS/c1-13-11-15(21)9-10-17(13)22-18(26)12-27-20-23-19(14-7-8-14)25(24-20)16-5-3-2-4-6-16/h2-6,9-11,14H,7-8,12H2,1H3,(H,22,26). The molecule has 0 unspecified atom stereocenters. The van der Waals surface area contributed by atoms with E-state index >= 15 is 0 Å². The van der Waals surface area contributed by atoms with Crippen LogP contribution in [0, 0.1) is 6.92 Å². The molecular formula is C20H19ClN4OS. The number of benzene rings is 2. The van der Waals surface area contributed by atoms with E-state index in [2.05, 4.69) is 15.4 Å². The summed E-state index contributed by atoms with van der Waals surface area (Å²) in [6, 6.07) is 15.4. The van der Waals surface area contributed by atoms with E-state index in [4.69, 9.17) is 11.6 Å². The van der Waals surface area contributed by atoms with Gasteiger partial charge in [0, 0.05) is 16.6 Å². The number of halogens is 1. The molecule has 1 aromatic heterocycles. The highest BCUT2D eigenvalue weighted by Gasteiger charge is 2.30. The molecule has 2 aromatic carbocycles. The smallest absolute Gasteiger partial charge is 0.234 e. The maximum Gasteiger partial charge on any atom is 0.234 e. The van der Waals surface area contributed by atoms with Crippen LogP contribution in [0.4, 0.5) is 5.69 Å². The van der Waals surface area contributed by atoms with Crippen molar-refractivity contribution < 1.29 is 4.79 Å². The summed E-state index contributed by atoms with van der Waals surface area (Å²) in [7, 11) is 0. The fourth-order valence-electron chi connectivity index (χ4n) is 2.81. The summed E-state index contributed by atoms with van der Waals surface area (Å²) in [5.41, 5.74) is 2.70. The van der Waals surface area contributed by atoms with Crippen molar-refractivity contribution in [1.29, 1.82) is 0 Å². The second-order valence-electron chi connectivity index (χ2n) is 6.57. The van der Waals surface area contributed by atoms with Crippen molar-refractivity contribution in [3.63, 3.8) is 0 Å². The summed E-state index contributed by atoms with van der Waals surface area (Å²) < 4.78 is 1.90. The number of aryl methyl sites for hydroxylation is 1. The van der Waals surface area contributed by atoms with Crippen molar-refractivity contribution in [3.8, 4) is 5.69 Å². The van der Waals surface area contributed by atoms with Gasteiger partial charge in [-0.2, -0.15) is 0 Å². The van der Waals surface area contributed by atoms with Gasteiger partial charge >= 0.3 is 0 Å². The molecule has 0 radical (unpaired) electrons. The van der Waals surface area contributed by atoms with Crippen LogP contribution in [-0.2, 0) is 4.79 Å². The van der Waals surface area contributed by atoms with E-state index in [-0.39, 0.29) is 11.7 Å². The predicted octanol–water partition coefficient (Wildman–Crippen LogP) is 4.84. The highest BCUT2D eigenvalue weighted by atomic mass is 35.5. The number of carbonyl (C=O) groups is 1. The van der Waals surface area contributed by atoms with Crippen molar-refractivity contribution >= 4 is 35.0 Å². The van der Waals surface area contributed by atoms with Gasteiger partial charge in [0.1, 0.15) is 5.82 Å². The van der Waals surface area contributed by atoms with Gasteiger partial charge in [0.2, 0.25) is 11.1 Å². The first-order chi connectivity index (χ1) is 13.1. The van der Waals surface area contributed by atoms with Gasteiger partial charge in [-0.15, -0.1) is 5.10 Å². The second-order valence-corrected chi connectivity index (χ2v) is 7.95. The van der Waals surface area contributed by atoms with E-state index in [0.29, 0.717) is 16.1 Å². The molecule has 0 spiro atoms. The molecule has 4 rings (SSSR count). The van der Waals surface area contributed by atoms with E-state index in [1.807, 2.05) is 54.1 Å². The summed E-state index contributed by atoms with van der Waals surface area (Å²) in [4.78, 5) is 17.0. The van der Waals surface area contributed by atoms with Crippen LogP contribution in [0.15, 0.2) is 53.7 Å². The molecule has 0 bridgehead atoms. The van der Waals surface area contributed by atoms with Crippen LogP contribution < -0.4 is 5.32 Å². The first-order valence-corrected chi connectivity index (χ1v) is 10.2. The monoisotopic (exact) mass is 398 g/mol. The average Bonchev–Trinajstić information content (AvgIpc) is 3.42. The molecule has 138 valence electrons. The summed E-state index contributed by atoms with van der Waals surface area (Å²) in [5, 5.41) is 8.82. The van der Waals surface area contributed by atoms with Crippen LogP contribution in [0.25, 0.3) is 5.69 Å². The molecule has 1 aliphatic carbocycles. The Kier molecular flexibility index (Phi) is 5.18. The number of amides is 1. The third-order valence-corrected chi connectivity index (χ3v) is 5.42. The molecule has 3 aromatic rings. The van der Waals surface area contributed by atoms with Gasteiger partial charge in [0.15, 0.2) is 0 Å². The number of nitrogens with one attached hydrogen (secondary N) is 1. The fraction of sp³-hybridized carbons (Fsp3) is 0.250. The Labute approximate surface area is 167 Å². The summed E-state index contributed by atoms with van der Waals surface area (Å²) in [6.07, 6.45) is 2.29. The molecule has 1 N–H and O–H groups in total. The first kappa shape index (κ1) is 18.1. The molecule has 0 saturated heterocycles. The number of nitrogens with zero attached hydrogens (tertiary/aromatic N) is 3. The molecule has 0 aliphatic heterocycles. The lowest BCUT2D eigenvalue weighted by Gasteiger charge is -2.07. The quantitative estimate of drug-likeness (QED) is 0.603. The molecule has 1 fully saturated rings. The Balaban J connectivity index is 1.44. The number of rotatable bonds is 6. The van der Waals surface area contributed by atoms with E-state index in [9.17, 15) is 4.79 Å². The van der Waals surface area contributed by atoms with Crippen LogP contribution in [0.3, 0.4) is 0 Å². The Morgan fingerprint density at radius 3 is 2.74 bits per heavy atom. The van der Waals surface area contributed by atoms with E-state index in [0.717, 1.165) is 35.6 Å². The van der Waals surface area contributed by atoms with Crippen LogP contribution >= 0.6 is 23.4 Å².